The van der Waals surface area contributed by atoms with Gasteiger partial charge in [0.25, 0.3) is 0 Å². The van der Waals surface area contributed by atoms with Gasteiger partial charge in [0.15, 0.2) is 0 Å². The maximum Gasteiger partial charge on any atom is 0.379 e. The highest BCUT2D eigenvalue weighted by Crippen LogP contribution is 2.26. The molecule has 0 atom stereocenters. The second kappa shape index (κ2) is 7.40. The van der Waals surface area contributed by atoms with Crippen molar-refractivity contribution in [1.82, 2.24) is 0 Å². The number of carbonyl (C=O) groups is 1. The van der Waals surface area contributed by atoms with E-state index in [2.05, 4.69) is 0 Å². The number of para-hydroxylation sites is 1. The minimum Gasteiger partial charge on any atom is -0.502 e. The van der Waals surface area contributed by atoms with Crippen molar-refractivity contribution in [2.45, 2.75) is 20.3 Å². The van der Waals surface area contributed by atoms with Gasteiger partial charge in [-0.1, -0.05) is 48.5 Å². The summed E-state index contributed by atoms with van der Waals surface area (Å²) in [4.78, 5) is 21.1. The first-order chi connectivity index (χ1) is 11.0. The zero-order chi connectivity index (χ0) is 16.8. The molecule has 23 heavy (non-hydrogen) atoms. The van der Waals surface area contributed by atoms with Gasteiger partial charge in [0, 0.05) is 17.4 Å². The molecule has 0 saturated heterocycles. The van der Waals surface area contributed by atoms with Crippen molar-refractivity contribution in [2.24, 2.45) is 0 Å². The fourth-order valence-corrected chi connectivity index (χ4v) is 2.18. The number of benzene rings is 2. The number of ketones is 1. The monoisotopic (exact) mass is 310 g/mol. The summed E-state index contributed by atoms with van der Waals surface area (Å²) in [6, 6.07) is 16.9. The van der Waals surface area contributed by atoms with E-state index in [0.717, 1.165) is 10.9 Å². The maximum atomic E-state index is 11.6. The van der Waals surface area contributed by atoms with Crippen molar-refractivity contribution in [3.05, 3.63) is 76.1 Å². The van der Waals surface area contributed by atoms with Crippen molar-refractivity contribution in [3.63, 3.8) is 0 Å². The lowest BCUT2D eigenvalue weighted by molar-refractivity contribution is -0.114. The van der Waals surface area contributed by atoms with Gasteiger partial charge in [0.05, 0.1) is 0 Å². The van der Waals surface area contributed by atoms with Gasteiger partial charge >= 0.3 is 5.63 Å². The molecule has 4 heteroatoms. The second-order valence-electron chi connectivity index (χ2n) is 5.28. The number of aromatic hydroxyl groups is 1. The lowest BCUT2D eigenvalue weighted by Gasteiger charge is -2.07. The van der Waals surface area contributed by atoms with Crippen molar-refractivity contribution in [1.29, 1.82) is 0 Å². The first kappa shape index (κ1) is 16.5. The predicted molar refractivity (Wildman–Crippen MR) is 89.8 cm³/mol. The fraction of sp³-hybridized carbons (Fsp3) is 0.158. The van der Waals surface area contributed by atoms with E-state index < -0.39 is 5.63 Å². The number of hydrogen-bond donors (Lipinski definition) is 1. The highest BCUT2D eigenvalue weighted by Gasteiger charge is 2.13. The van der Waals surface area contributed by atoms with Crippen LogP contribution in [-0.4, -0.2) is 10.9 Å². The highest BCUT2D eigenvalue weighted by molar-refractivity contribution is 5.82. The van der Waals surface area contributed by atoms with Gasteiger partial charge < -0.3 is 14.3 Å². The summed E-state index contributed by atoms with van der Waals surface area (Å²) in [6.45, 7) is 3.06. The molecule has 2 aromatic carbocycles. The molecule has 0 fully saturated rings. The first-order valence-corrected chi connectivity index (χ1v) is 7.24. The van der Waals surface area contributed by atoms with E-state index in [1.165, 1.54) is 13.8 Å². The van der Waals surface area contributed by atoms with Crippen LogP contribution in [0.1, 0.15) is 25.0 Å². The van der Waals surface area contributed by atoms with Crippen molar-refractivity contribution in [2.75, 3.05) is 0 Å². The van der Waals surface area contributed by atoms with E-state index in [1.807, 2.05) is 42.5 Å². The molecular formula is C19H18O4. The second-order valence-corrected chi connectivity index (χ2v) is 5.28. The van der Waals surface area contributed by atoms with Crippen LogP contribution in [0.15, 0.2) is 63.8 Å². The minimum atomic E-state index is -0.690. The van der Waals surface area contributed by atoms with E-state index in [9.17, 15) is 14.7 Å². The van der Waals surface area contributed by atoms with E-state index in [-0.39, 0.29) is 11.5 Å². The van der Waals surface area contributed by atoms with Crippen LogP contribution in [0.4, 0.5) is 0 Å². The molecule has 1 heterocycles. The molecule has 4 nitrogen and oxygen atoms in total. The van der Waals surface area contributed by atoms with Gasteiger partial charge in [-0.15, -0.1) is 0 Å². The molecule has 1 N–H and O–H groups in total. The molecule has 3 aromatic rings. The summed E-state index contributed by atoms with van der Waals surface area (Å²) in [7, 11) is 0. The van der Waals surface area contributed by atoms with E-state index >= 15 is 0 Å². The molecule has 0 unspecified atom stereocenters. The molecule has 0 spiro atoms. The molecular weight excluding hydrogens is 292 g/mol. The fourth-order valence-electron chi connectivity index (χ4n) is 2.18. The zero-order valence-corrected chi connectivity index (χ0v) is 13.1. The average Bonchev–Trinajstić information content (AvgIpc) is 2.52. The van der Waals surface area contributed by atoms with Crippen LogP contribution in [-0.2, 0) is 11.2 Å². The van der Waals surface area contributed by atoms with Crippen LogP contribution < -0.4 is 5.63 Å². The summed E-state index contributed by atoms with van der Waals surface area (Å²) >= 11 is 0. The van der Waals surface area contributed by atoms with Crippen molar-refractivity contribution >= 4 is 16.8 Å². The Hall–Kier alpha value is -2.88. The van der Waals surface area contributed by atoms with E-state index in [1.54, 1.807) is 12.1 Å². The molecule has 0 aliphatic carbocycles. The topological polar surface area (TPSA) is 67.5 Å². The Morgan fingerprint density at radius 3 is 2.22 bits per heavy atom. The molecule has 118 valence electrons. The Kier molecular flexibility index (Phi) is 5.31. The van der Waals surface area contributed by atoms with Gasteiger partial charge in [0.1, 0.15) is 11.4 Å². The van der Waals surface area contributed by atoms with Crippen LogP contribution >= 0.6 is 0 Å². The van der Waals surface area contributed by atoms with Crippen LogP contribution in [0.25, 0.3) is 11.0 Å². The average molecular weight is 310 g/mol. The Bertz CT molecular complexity index is 859. The molecule has 3 rings (SSSR count). The van der Waals surface area contributed by atoms with Gasteiger partial charge in [-0.2, -0.15) is 0 Å². The molecule has 0 radical (unpaired) electrons. The largest absolute Gasteiger partial charge is 0.502 e. The van der Waals surface area contributed by atoms with Gasteiger partial charge in [0.2, 0.25) is 5.75 Å². The maximum absolute atomic E-state index is 11.6. The van der Waals surface area contributed by atoms with Gasteiger partial charge in [-0.05, 0) is 25.5 Å². The number of fused-ring (bicyclic) bond motifs is 1. The number of Topliss-reactive ketones (excluding diaryl/α,β-unsaturated/α-hetero) is 1. The van der Waals surface area contributed by atoms with Crippen molar-refractivity contribution < 1.29 is 14.3 Å². The molecule has 1 aromatic heterocycles. The summed E-state index contributed by atoms with van der Waals surface area (Å²) in [5, 5.41) is 10.7. The Labute approximate surface area is 134 Å². The number of hydrogen-bond acceptors (Lipinski definition) is 4. The van der Waals surface area contributed by atoms with Crippen LogP contribution in [0.2, 0.25) is 0 Å². The normalized spacial score (nSPS) is 10.0. The number of rotatable bonds is 2. The molecule has 0 amide bonds. The van der Waals surface area contributed by atoms with Gasteiger partial charge in [-0.3, -0.25) is 0 Å². The third-order valence-electron chi connectivity index (χ3n) is 3.12. The Morgan fingerprint density at radius 2 is 1.57 bits per heavy atom. The predicted octanol–water partition coefficient (Wildman–Crippen LogP) is 3.68. The lowest BCUT2D eigenvalue weighted by atomic mass is 10.0. The minimum absolute atomic E-state index is 0.167. The van der Waals surface area contributed by atoms with Crippen LogP contribution in [0.3, 0.4) is 0 Å². The van der Waals surface area contributed by atoms with Crippen molar-refractivity contribution in [3.8, 4) is 5.75 Å². The van der Waals surface area contributed by atoms with Gasteiger partial charge in [-0.25, -0.2) is 4.79 Å². The van der Waals surface area contributed by atoms with Crippen LogP contribution in [0.5, 0.6) is 5.75 Å². The Balaban J connectivity index is 0.000000433. The smallest absolute Gasteiger partial charge is 0.379 e. The molecule has 0 aliphatic heterocycles. The van der Waals surface area contributed by atoms with E-state index in [0.29, 0.717) is 17.6 Å². The zero-order valence-electron chi connectivity index (χ0n) is 13.1. The first-order valence-electron chi connectivity index (χ1n) is 7.24. The third-order valence-corrected chi connectivity index (χ3v) is 3.12. The van der Waals surface area contributed by atoms with E-state index in [4.69, 9.17) is 4.42 Å². The summed E-state index contributed by atoms with van der Waals surface area (Å²) in [5.41, 5.74) is 1.45. The quantitative estimate of drug-likeness (QED) is 0.733. The van der Waals surface area contributed by atoms with Crippen LogP contribution in [0, 0.1) is 0 Å². The third kappa shape index (κ3) is 4.30. The molecule has 0 aliphatic rings. The molecule has 0 saturated carbocycles. The summed E-state index contributed by atoms with van der Waals surface area (Å²) in [6.07, 6.45) is 0.499. The highest BCUT2D eigenvalue weighted by atomic mass is 16.4. The molecule has 0 bridgehead atoms. The standard InChI is InChI=1S/C16H12O3.C3H6O/c17-15-13(10-11-6-2-1-3-7-11)12-8-4-5-9-14(12)19-16(15)18;1-3(2)4/h1-9,17H,10H2;1-2H3. The SMILES string of the molecule is CC(C)=O.O=c1oc2ccccc2c(Cc2ccccc2)c1O. The Morgan fingerprint density at radius 1 is 1.00 bits per heavy atom. The summed E-state index contributed by atoms with van der Waals surface area (Å²) in [5.74, 6) is -0.137. The lowest BCUT2D eigenvalue weighted by Crippen LogP contribution is -2.03. The summed E-state index contributed by atoms with van der Waals surface area (Å²) < 4.78 is 5.07. The number of carbonyl (C=O) groups excluding carboxylic acids is 1.